The van der Waals surface area contributed by atoms with Gasteiger partial charge in [-0.25, -0.2) is 4.79 Å². The standard InChI is InChI=1S/C31H38O11.CH4/c1-15-19(34)13-31(38)26(41-27(37)18-10-8-7-9-11-18)24-29(6,20(35)12-21-30(24,14-39-21)42-17(3)33)25(36)23(40-16(2)32)22(15)28(31,4)5;/h7-11,19-21,23-24,26,34-35,38H,12-14H2,1-6H3;1H4/t19-,20-,21+,23+,24-,26-,29+,30-,31+;/m0./s1. The lowest BCUT2D eigenvalue weighted by Gasteiger charge is -2.67. The smallest absolute Gasteiger partial charge is 0.338 e. The Hall–Kier alpha value is -3.12. The SMILES string of the molecule is C.CC(=O)O[C@H]1C(=O)[C@@]2(C)[C@H]([C@H](OC(=O)c3ccccc3)[C@]3(O)C[C@H](O)C(C)=C1C3(C)C)[C@]1(OC(C)=O)CO[C@@H]1C[C@@H]2O. The summed E-state index contributed by atoms with van der Waals surface area (Å²) in [6.07, 6.45) is -7.27. The number of fused-ring (bicyclic) bond motifs is 5. The Morgan fingerprint density at radius 3 is 2.16 bits per heavy atom. The van der Waals surface area contributed by atoms with Crippen molar-refractivity contribution in [1.29, 1.82) is 0 Å². The van der Waals surface area contributed by atoms with Crippen molar-refractivity contribution in [2.45, 2.75) is 104 Å². The Bertz CT molecular complexity index is 1350. The third-order valence-corrected chi connectivity index (χ3v) is 10.2. The van der Waals surface area contributed by atoms with Crippen molar-refractivity contribution in [3.8, 4) is 0 Å². The number of rotatable bonds is 4. The van der Waals surface area contributed by atoms with Crippen molar-refractivity contribution in [3.63, 3.8) is 0 Å². The molecule has 3 aliphatic carbocycles. The number of hydrogen-bond donors (Lipinski definition) is 3. The van der Waals surface area contributed by atoms with Crippen LogP contribution in [0, 0.1) is 16.7 Å². The number of aliphatic hydroxyl groups is 3. The van der Waals surface area contributed by atoms with Gasteiger partial charge in [0.05, 0.1) is 35.7 Å². The summed E-state index contributed by atoms with van der Waals surface area (Å²) in [6, 6.07) is 8.05. The first-order valence-electron chi connectivity index (χ1n) is 14.1. The first-order valence-corrected chi connectivity index (χ1v) is 14.1. The molecule has 236 valence electrons. The second kappa shape index (κ2) is 10.8. The van der Waals surface area contributed by atoms with E-state index in [1.165, 1.54) is 26.0 Å². The highest BCUT2D eigenvalue weighted by Gasteiger charge is 2.78. The molecule has 1 aromatic rings. The van der Waals surface area contributed by atoms with Crippen LogP contribution in [0.5, 0.6) is 0 Å². The molecule has 3 fully saturated rings. The minimum absolute atomic E-state index is 0. The van der Waals surface area contributed by atoms with Crippen LogP contribution in [0.15, 0.2) is 41.5 Å². The zero-order valence-corrected chi connectivity index (χ0v) is 24.6. The highest BCUT2D eigenvalue weighted by Crippen LogP contribution is 2.64. The molecule has 0 aromatic heterocycles. The largest absolute Gasteiger partial charge is 0.455 e. The van der Waals surface area contributed by atoms with Crippen molar-refractivity contribution in [2.75, 3.05) is 6.61 Å². The number of esters is 3. The molecule has 2 saturated carbocycles. The van der Waals surface area contributed by atoms with Crippen LogP contribution in [0.3, 0.4) is 0 Å². The maximum atomic E-state index is 14.8. The van der Waals surface area contributed by atoms with Gasteiger partial charge in [-0.1, -0.05) is 39.5 Å². The Labute approximate surface area is 251 Å². The Morgan fingerprint density at radius 1 is 1.00 bits per heavy atom. The highest BCUT2D eigenvalue weighted by molar-refractivity contribution is 5.95. The zero-order valence-electron chi connectivity index (χ0n) is 24.6. The predicted octanol–water partition coefficient (Wildman–Crippen LogP) is 2.29. The van der Waals surface area contributed by atoms with Gasteiger partial charge in [-0.15, -0.1) is 0 Å². The van der Waals surface area contributed by atoms with Gasteiger partial charge in [0.2, 0.25) is 0 Å². The summed E-state index contributed by atoms with van der Waals surface area (Å²) in [5.41, 5.74) is -6.38. The molecule has 5 rings (SSSR count). The van der Waals surface area contributed by atoms with Crippen LogP contribution in [0.4, 0.5) is 0 Å². The fourth-order valence-electron chi connectivity index (χ4n) is 7.91. The van der Waals surface area contributed by atoms with Gasteiger partial charge in [-0.3, -0.25) is 14.4 Å². The molecule has 3 N–H and O–H groups in total. The summed E-state index contributed by atoms with van der Waals surface area (Å²) in [5.74, 6) is -4.41. The van der Waals surface area contributed by atoms with E-state index in [1.54, 1.807) is 39.0 Å². The number of ether oxygens (including phenoxy) is 4. The summed E-state index contributed by atoms with van der Waals surface area (Å²) in [7, 11) is 0. The average molecular weight is 603 g/mol. The van der Waals surface area contributed by atoms with Gasteiger partial charge in [-0.2, -0.15) is 0 Å². The third kappa shape index (κ3) is 4.54. The maximum Gasteiger partial charge on any atom is 0.338 e. The van der Waals surface area contributed by atoms with Crippen molar-refractivity contribution >= 4 is 23.7 Å². The minimum Gasteiger partial charge on any atom is -0.455 e. The normalized spacial score (nSPS) is 39.4. The maximum absolute atomic E-state index is 14.8. The van der Waals surface area contributed by atoms with E-state index >= 15 is 0 Å². The molecule has 11 nitrogen and oxygen atoms in total. The first kappa shape index (κ1) is 32.8. The summed E-state index contributed by atoms with van der Waals surface area (Å²) >= 11 is 0. The number of benzene rings is 1. The molecule has 0 radical (unpaired) electrons. The van der Waals surface area contributed by atoms with Gasteiger partial charge in [0, 0.05) is 32.1 Å². The summed E-state index contributed by atoms with van der Waals surface area (Å²) < 4.78 is 23.5. The number of carbonyl (C=O) groups is 4. The van der Waals surface area contributed by atoms with Crippen LogP contribution in [0.25, 0.3) is 0 Å². The molecular formula is C32H42O11. The molecule has 1 heterocycles. The fourth-order valence-corrected chi connectivity index (χ4v) is 7.91. The second-order valence-electron chi connectivity index (χ2n) is 12.8. The van der Waals surface area contributed by atoms with Crippen LogP contribution >= 0.6 is 0 Å². The third-order valence-electron chi connectivity index (χ3n) is 10.2. The van der Waals surface area contributed by atoms with Crippen LogP contribution in [-0.2, 0) is 33.3 Å². The van der Waals surface area contributed by atoms with Crippen molar-refractivity contribution < 1.29 is 53.4 Å². The van der Waals surface area contributed by atoms with Crippen LogP contribution in [-0.4, -0.2) is 87.3 Å². The van der Waals surface area contributed by atoms with E-state index < -0.39 is 82.2 Å². The number of hydrogen-bond acceptors (Lipinski definition) is 11. The van der Waals surface area contributed by atoms with Crippen LogP contribution < -0.4 is 0 Å². The van der Waals surface area contributed by atoms with Gasteiger partial charge in [-0.05, 0) is 37.1 Å². The highest BCUT2D eigenvalue weighted by atomic mass is 16.6. The van der Waals surface area contributed by atoms with E-state index in [9.17, 15) is 34.5 Å². The van der Waals surface area contributed by atoms with E-state index in [0.29, 0.717) is 5.57 Å². The molecule has 2 bridgehead atoms. The Kier molecular flexibility index (Phi) is 8.23. The average Bonchev–Trinajstić information content (AvgIpc) is 2.90. The van der Waals surface area contributed by atoms with E-state index in [4.69, 9.17) is 18.9 Å². The zero-order chi connectivity index (χ0) is 31.0. The molecule has 9 atom stereocenters. The van der Waals surface area contributed by atoms with E-state index in [2.05, 4.69) is 0 Å². The van der Waals surface area contributed by atoms with E-state index in [1.807, 2.05) is 0 Å². The van der Waals surface area contributed by atoms with E-state index in [-0.39, 0.29) is 38.0 Å². The molecule has 43 heavy (non-hydrogen) atoms. The second-order valence-corrected chi connectivity index (χ2v) is 12.8. The lowest BCUT2D eigenvalue weighted by atomic mass is 9.44. The predicted molar refractivity (Wildman–Crippen MR) is 151 cm³/mol. The molecule has 11 heteroatoms. The quantitative estimate of drug-likeness (QED) is 0.263. The summed E-state index contributed by atoms with van der Waals surface area (Å²) in [5, 5.41) is 35.8. The lowest BCUT2D eigenvalue weighted by molar-refractivity contribution is -0.345. The number of carbonyl (C=O) groups excluding carboxylic acids is 4. The van der Waals surface area contributed by atoms with E-state index in [0.717, 1.165) is 6.92 Å². The monoisotopic (exact) mass is 602 g/mol. The number of Topliss-reactive ketones (excluding diaryl/α,β-unsaturated/α-hetero) is 1. The Morgan fingerprint density at radius 2 is 1.63 bits per heavy atom. The van der Waals surface area contributed by atoms with Crippen molar-refractivity contribution in [2.24, 2.45) is 16.7 Å². The number of aliphatic hydroxyl groups excluding tert-OH is 2. The molecule has 4 aliphatic rings. The van der Waals surface area contributed by atoms with Gasteiger partial charge in [0.15, 0.2) is 17.5 Å². The molecule has 0 amide bonds. The van der Waals surface area contributed by atoms with Gasteiger partial charge >= 0.3 is 17.9 Å². The molecule has 1 saturated heterocycles. The summed E-state index contributed by atoms with van der Waals surface area (Å²) in [4.78, 5) is 53.4. The molecular weight excluding hydrogens is 560 g/mol. The molecule has 1 aliphatic heterocycles. The van der Waals surface area contributed by atoms with Crippen molar-refractivity contribution in [1.82, 2.24) is 0 Å². The van der Waals surface area contributed by atoms with Crippen molar-refractivity contribution in [3.05, 3.63) is 47.0 Å². The first-order chi connectivity index (χ1) is 19.5. The molecule has 0 unspecified atom stereocenters. The fraction of sp³-hybridized carbons (Fsp3) is 0.625. The Balaban J connectivity index is 0.00000423. The number of ketones is 1. The summed E-state index contributed by atoms with van der Waals surface area (Å²) in [6.45, 7) is 8.42. The molecule has 1 aromatic carbocycles. The topological polar surface area (TPSA) is 166 Å². The molecule has 0 spiro atoms. The lowest BCUT2D eigenvalue weighted by Crippen LogP contribution is -2.81. The van der Waals surface area contributed by atoms with Gasteiger partial charge in [0.25, 0.3) is 0 Å². The van der Waals surface area contributed by atoms with Crippen LogP contribution in [0.1, 0.15) is 72.2 Å². The van der Waals surface area contributed by atoms with Crippen LogP contribution in [0.2, 0.25) is 0 Å². The van der Waals surface area contributed by atoms with Gasteiger partial charge in [0.1, 0.15) is 17.8 Å². The van der Waals surface area contributed by atoms with Gasteiger partial charge < -0.3 is 34.3 Å². The minimum atomic E-state index is -2.11.